The van der Waals surface area contributed by atoms with Crippen molar-refractivity contribution in [2.24, 2.45) is 5.92 Å². The van der Waals surface area contributed by atoms with Crippen LogP contribution in [0.1, 0.15) is 23.1 Å². The Balaban J connectivity index is 1.64. The lowest BCUT2D eigenvalue weighted by Crippen LogP contribution is -2.47. The summed E-state index contributed by atoms with van der Waals surface area (Å²) < 4.78 is 6.73. The van der Waals surface area contributed by atoms with Gasteiger partial charge < -0.3 is 19.5 Å². The summed E-state index contributed by atoms with van der Waals surface area (Å²) in [5, 5.41) is 10.2. The summed E-state index contributed by atoms with van der Waals surface area (Å²) in [5.41, 5.74) is 2.22. The topological polar surface area (TPSA) is 53.0 Å². The maximum Gasteiger partial charge on any atom is 0.376 e. The van der Waals surface area contributed by atoms with E-state index in [-0.39, 0.29) is 23.8 Å². The molecular formula is C22H26BBrN2O3. The van der Waals surface area contributed by atoms with Gasteiger partial charge in [-0.2, -0.15) is 0 Å². The molecule has 1 amide bonds. The number of nitrogens with zero attached hydrogens (tertiary/aromatic N) is 2. The fourth-order valence-electron chi connectivity index (χ4n) is 4.51. The normalized spacial score (nSPS) is 25.2. The van der Waals surface area contributed by atoms with Gasteiger partial charge in [0.25, 0.3) is 0 Å². The summed E-state index contributed by atoms with van der Waals surface area (Å²) in [6, 6.07) is 18.1. The lowest BCUT2D eigenvalue weighted by molar-refractivity contribution is -0.144. The Morgan fingerprint density at radius 2 is 1.86 bits per heavy atom. The summed E-state index contributed by atoms with van der Waals surface area (Å²) in [5.74, 6) is -0.0226. The van der Waals surface area contributed by atoms with Crippen molar-refractivity contribution in [3.8, 4) is 0 Å². The molecule has 3 atom stereocenters. The molecule has 2 saturated heterocycles. The Bertz CT molecular complexity index is 851. The summed E-state index contributed by atoms with van der Waals surface area (Å²) in [6.45, 7) is 4.65. The van der Waals surface area contributed by atoms with Crippen LogP contribution in [0.3, 0.4) is 0 Å². The van der Waals surface area contributed by atoms with E-state index < -0.39 is 7.05 Å². The van der Waals surface area contributed by atoms with Crippen molar-refractivity contribution in [3.63, 3.8) is 0 Å². The molecule has 2 aliphatic rings. The maximum absolute atomic E-state index is 13.8. The van der Waals surface area contributed by atoms with Gasteiger partial charge in [-0.15, -0.1) is 0 Å². The van der Waals surface area contributed by atoms with Gasteiger partial charge in [0.05, 0.1) is 25.2 Å². The highest BCUT2D eigenvalue weighted by Gasteiger charge is 2.44. The summed E-state index contributed by atoms with van der Waals surface area (Å²) in [6.07, 6.45) is 0. The van der Waals surface area contributed by atoms with Crippen molar-refractivity contribution < 1.29 is 14.6 Å². The van der Waals surface area contributed by atoms with Crippen LogP contribution in [0.4, 0.5) is 0 Å². The molecule has 1 N–H and O–H groups in total. The third kappa shape index (κ3) is 4.28. The number of amides is 1. The Morgan fingerprint density at radius 3 is 2.59 bits per heavy atom. The Labute approximate surface area is 180 Å². The highest BCUT2D eigenvalue weighted by Crippen LogP contribution is 2.39. The second-order valence-corrected chi connectivity index (χ2v) is 8.71. The molecule has 0 bridgehead atoms. The molecule has 0 unspecified atom stereocenters. The van der Waals surface area contributed by atoms with E-state index in [0.29, 0.717) is 32.8 Å². The SMILES string of the molecule is CB(O)N1C[C@@H](C(=O)N2CCOC[C@@H]2c2ccccc2)[C@H](c2ccccc2Br)C1. The van der Waals surface area contributed by atoms with Crippen LogP contribution in [0.5, 0.6) is 0 Å². The zero-order valence-corrected chi connectivity index (χ0v) is 18.2. The van der Waals surface area contributed by atoms with Gasteiger partial charge in [-0.05, 0) is 30.6 Å². The molecule has 0 aromatic heterocycles. The Morgan fingerprint density at radius 1 is 1.14 bits per heavy atom. The summed E-state index contributed by atoms with van der Waals surface area (Å²) in [7, 11) is -0.576. The van der Waals surface area contributed by atoms with Crippen LogP contribution < -0.4 is 0 Å². The third-order valence-electron chi connectivity index (χ3n) is 6.09. The van der Waals surface area contributed by atoms with E-state index in [4.69, 9.17) is 4.74 Å². The quantitative estimate of drug-likeness (QED) is 0.718. The van der Waals surface area contributed by atoms with Crippen molar-refractivity contribution in [1.82, 2.24) is 9.71 Å². The van der Waals surface area contributed by atoms with Gasteiger partial charge in [-0.3, -0.25) is 4.79 Å². The number of benzene rings is 2. The Hall–Kier alpha value is -1.67. The third-order valence-corrected chi connectivity index (χ3v) is 6.82. The van der Waals surface area contributed by atoms with Gasteiger partial charge in [0.2, 0.25) is 5.91 Å². The van der Waals surface area contributed by atoms with Crippen LogP contribution >= 0.6 is 15.9 Å². The zero-order valence-electron chi connectivity index (χ0n) is 16.6. The lowest BCUT2D eigenvalue weighted by atomic mass is 9.85. The molecule has 5 nitrogen and oxygen atoms in total. The average molecular weight is 457 g/mol. The van der Waals surface area contributed by atoms with Crippen molar-refractivity contribution in [3.05, 3.63) is 70.2 Å². The number of carbonyl (C=O) groups excluding carboxylic acids is 1. The molecule has 0 spiro atoms. The van der Waals surface area contributed by atoms with Crippen molar-refractivity contribution >= 4 is 28.9 Å². The number of hydrogen-bond acceptors (Lipinski definition) is 4. The largest absolute Gasteiger partial charge is 0.437 e. The molecule has 2 aromatic rings. The van der Waals surface area contributed by atoms with Crippen LogP contribution in [-0.4, -0.2) is 60.5 Å². The molecule has 29 heavy (non-hydrogen) atoms. The number of rotatable bonds is 4. The van der Waals surface area contributed by atoms with Crippen molar-refractivity contribution in [2.45, 2.75) is 18.8 Å². The summed E-state index contributed by atoms with van der Waals surface area (Å²) >= 11 is 3.66. The first-order valence-corrected chi connectivity index (χ1v) is 10.9. The van der Waals surface area contributed by atoms with E-state index >= 15 is 0 Å². The second-order valence-electron chi connectivity index (χ2n) is 7.85. The minimum absolute atomic E-state index is 0.0342. The van der Waals surface area contributed by atoms with E-state index in [1.807, 2.05) is 46.1 Å². The molecule has 4 rings (SSSR count). The summed E-state index contributed by atoms with van der Waals surface area (Å²) in [4.78, 5) is 17.8. The standard InChI is InChI=1S/C22H26BBrN2O3/c1-23(28)25-13-18(17-9-5-6-10-20(17)24)19(14-25)22(27)26-11-12-29-15-21(26)16-7-3-2-4-8-16/h2-10,18-19,21,28H,11-15H2,1H3/t18-,19+,21+/m0/s1. The molecule has 2 aliphatic heterocycles. The fraction of sp³-hybridized carbons (Fsp3) is 0.409. The molecule has 2 heterocycles. The smallest absolute Gasteiger partial charge is 0.376 e. The van der Waals surface area contributed by atoms with E-state index in [1.165, 1.54) is 0 Å². The van der Waals surface area contributed by atoms with Crippen LogP contribution in [-0.2, 0) is 9.53 Å². The van der Waals surface area contributed by atoms with E-state index in [2.05, 4.69) is 34.1 Å². The molecule has 7 heteroatoms. The molecule has 0 radical (unpaired) electrons. The first-order chi connectivity index (χ1) is 14.1. The minimum Gasteiger partial charge on any atom is -0.437 e. The number of carbonyl (C=O) groups is 1. The minimum atomic E-state index is -0.576. The number of hydrogen-bond donors (Lipinski definition) is 1. The predicted molar refractivity (Wildman–Crippen MR) is 117 cm³/mol. The molecule has 0 saturated carbocycles. The number of halogens is 1. The van der Waals surface area contributed by atoms with Crippen LogP contribution in [0.15, 0.2) is 59.1 Å². The van der Waals surface area contributed by atoms with Gasteiger partial charge >= 0.3 is 7.05 Å². The molecular weight excluding hydrogens is 431 g/mol. The van der Waals surface area contributed by atoms with Crippen molar-refractivity contribution in [2.75, 3.05) is 32.8 Å². The molecule has 2 fully saturated rings. The van der Waals surface area contributed by atoms with E-state index in [1.54, 1.807) is 6.82 Å². The monoisotopic (exact) mass is 456 g/mol. The van der Waals surface area contributed by atoms with E-state index in [9.17, 15) is 9.82 Å². The van der Waals surface area contributed by atoms with Gasteiger partial charge in [0.1, 0.15) is 0 Å². The van der Waals surface area contributed by atoms with Crippen molar-refractivity contribution in [1.29, 1.82) is 0 Å². The number of ether oxygens (including phenoxy) is 1. The average Bonchev–Trinajstić information content (AvgIpc) is 3.20. The molecule has 152 valence electrons. The molecule has 0 aliphatic carbocycles. The van der Waals surface area contributed by atoms with Gasteiger partial charge in [-0.25, -0.2) is 0 Å². The highest BCUT2D eigenvalue weighted by molar-refractivity contribution is 9.10. The number of morpholine rings is 1. The molecule has 2 aromatic carbocycles. The highest BCUT2D eigenvalue weighted by atomic mass is 79.9. The lowest BCUT2D eigenvalue weighted by Gasteiger charge is -2.38. The van der Waals surface area contributed by atoms with Crippen LogP contribution in [0, 0.1) is 5.92 Å². The first-order valence-electron chi connectivity index (χ1n) is 10.2. The van der Waals surface area contributed by atoms with Gasteiger partial charge in [-0.1, -0.05) is 64.5 Å². The van der Waals surface area contributed by atoms with E-state index in [0.717, 1.165) is 15.6 Å². The van der Waals surface area contributed by atoms with Crippen LogP contribution in [0.25, 0.3) is 0 Å². The maximum atomic E-state index is 13.8. The first kappa shape index (κ1) is 20.6. The second kappa shape index (κ2) is 9.00. The van der Waals surface area contributed by atoms with Gasteiger partial charge in [0.15, 0.2) is 0 Å². The zero-order chi connectivity index (χ0) is 20.4. The van der Waals surface area contributed by atoms with Crippen LogP contribution in [0.2, 0.25) is 6.82 Å². The van der Waals surface area contributed by atoms with Gasteiger partial charge in [0, 0.05) is 23.5 Å². The predicted octanol–water partition coefficient (Wildman–Crippen LogP) is 3.17. The Kier molecular flexibility index (Phi) is 6.39. The fourth-order valence-corrected chi connectivity index (χ4v) is 5.09.